The first-order chi connectivity index (χ1) is 10.2. The third-order valence-electron chi connectivity index (χ3n) is 2.98. The summed E-state index contributed by atoms with van der Waals surface area (Å²) in [5.41, 5.74) is 6.63. The maximum Gasteiger partial charge on any atom is 0.123 e. The van der Waals surface area contributed by atoms with E-state index < -0.39 is 10.8 Å². The Labute approximate surface area is 132 Å². The molecule has 21 heavy (non-hydrogen) atoms. The first-order valence-corrected chi connectivity index (χ1v) is 8.45. The molecule has 2 aromatic rings. The van der Waals surface area contributed by atoms with Gasteiger partial charge in [0, 0.05) is 27.8 Å². The second kappa shape index (κ2) is 8.17. The van der Waals surface area contributed by atoms with Gasteiger partial charge in [0.05, 0.1) is 17.4 Å². The van der Waals surface area contributed by atoms with Gasteiger partial charge in [-0.05, 0) is 30.7 Å². The normalized spacial score (nSPS) is 12.1. The van der Waals surface area contributed by atoms with E-state index in [0.29, 0.717) is 30.3 Å². The van der Waals surface area contributed by atoms with Crippen LogP contribution in [0.4, 0.5) is 0 Å². The van der Waals surface area contributed by atoms with E-state index in [9.17, 15) is 4.21 Å². The Bertz CT molecular complexity index is 619. The van der Waals surface area contributed by atoms with Crippen molar-refractivity contribution in [3.63, 3.8) is 0 Å². The van der Waals surface area contributed by atoms with Crippen LogP contribution in [-0.4, -0.2) is 16.6 Å². The summed E-state index contributed by atoms with van der Waals surface area (Å²) in [6, 6.07) is 14.8. The van der Waals surface area contributed by atoms with Crippen LogP contribution in [0.1, 0.15) is 12.0 Å². The van der Waals surface area contributed by atoms with Gasteiger partial charge in [-0.25, -0.2) is 0 Å². The maximum atomic E-state index is 12.1. The van der Waals surface area contributed by atoms with Gasteiger partial charge in [0.15, 0.2) is 0 Å². The molecule has 1 atom stereocenters. The van der Waals surface area contributed by atoms with Crippen molar-refractivity contribution in [1.82, 2.24) is 0 Å². The molecule has 0 saturated carbocycles. The largest absolute Gasteiger partial charge is 0.493 e. The molecule has 0 fully saturated rings. The maximum absolute atomic E-state index is 12.1. The number of benzene rings is 2. The van der Waals surface area contributed by atoms with Crippen LogP contribution in [0.25, 0.3) is 0 Å². The lowest BCUT2D eigenvalue weighted by Gasteiger charge is -2.10. The molecule has 2 rings (SSSR count). The Morgan fingerprint density at radius 1 is 1.14 bits per heavy atom. The van der Waals surface area contributed by atoms with E-state index in [0.717, 1.165) is 16.2 Å². The quantitative estimate of drug-likeness (QED) is 0.795. The van der Waals surface area contributed by atoms with Gasteiger partial charge >= 0.3 is 0 Å². The summed E-state index contributed by atoms with van der Waals surface area (Å²) >= 11 is 5.89. The van der Waals surface area contributed by atoms with Crippen LogP contribution in [0.3, 0.4) is 0 Å². The van der Waals surface area contributed by atoms with Crippen molar-refractivity contribution < 1.29 is 8.95 Å². The summed E-state index contributed by atoms with van der Waals surface area (Å²) < 4.78 is 17.8. The highest BCUT2D eigenvalue weighted by Crippen LogP contribution is 2.18. The average Bonchev–Trinajstić information content (AvgIpc) is 2.51. The van der Waals surface area contributed by atoms with Gasteiger partial charge in [-0.1, -0.05) is 35.9 Å². The zero-order valence-corrected chi connectivity index (χ0v) is 13.2. The predicted octanol–water partition coefficient (Wildman–Crippen LogP) is 3.38. The molecular weight excluding hydrogens is 306 g/mol. The molecule has 0 aromatic heterocycles. The first-order valence-electron chi connectivity index (χ1n) is 6.75. The number of rotatable bonds is 7. The van der Waals surface area contributed by atoms with Gasteiger partial charge in [-0.15, -0.1) is 0 Å². The van der Waals surface area contributed by atoms with Gasteiger partial charge in [-0.2, -0.15) is 0 Å². The topological polar surface area (TPSA) is 52.3 Å². The molecule has 112 valence electrons. The van der Waals surface area contributed by atoms with Crippen molar-refractivity contribution in [2.24, 2.45) is 5.73 Å². The van der Waals surface area contributed by atoms with E-state index in [-0.39, 0.29) is 0 Å². The summed E-state index contributed by atoms with van der Waals surface area (Å²) in [6.45, 7) is 0.966. The number of hydrogen-bond donors (Lipinski definition) is 1. The van der Waals surface area contributed by atoms with Gasteiger partial charge in [-0.3, -0.25) is 4.21 Å². The van der Waals surface area contributed by atoms with E-state index in [1.165, 1.54) is 0 Å². The number of para-hydroxylation sites is 1. The lowest BCUT2D eigenvalue weighted by Crippen LogP contribution is -2.07. The highest BCUT2D eigenvalue weighted by atomic mass is 35.5. The van der Waals surface area contributed by atoms with Crippen molar-refractivity contribution in [2.45, 2.75) is 17.9 Å². The summed E-state index contributed by atoms with van der Waals surface area (Å²) in [4.78, 5) is 0.754. The van der Waals surface area contributed by atoms with E-state index in [1.807, 2.05) is 36.4 Å². The van der Waals surface area contributed by atoms with Crippen molar-refractivity contribution >= 4 is 22.4 Å². The van der Waals surface area contributed by atoms with Gasteiger partial charge in [0.25, 0.3) is 0 Å². The van der Waals surface area contributed by atoms with Crippen LogP contribution in [0.2, 0.25) is 5.02 Å². The molecular formula is C16H18ClNO2S. The van der Waals surface area contributed by atoms with E-state index >= 15 is 0 Å². The Balaban J connectivity index is 1.81. The molecule has 0 heterocycles. The molecule has 2 N–H and O–H groups in total. The second-order valence-electron chi connectivity index (χ2n) is 4.52. The minimum Gasteiger partial charge on any atom is -0.493 e. The molecule has 5 heteroatoms. The Hall–Kier alpha value is -1.36. The number of hydrogen-bond acceptors (Lipinski definition) is 3. The van der Waals surface area contributed by atoms with Crippen molar-refractivity contribution in [3.8, 4) is 5.75 Å². The summed E-state index contributed by atoms with van der Waals surface area (Å²) in [5, 5.41) is 0.606. The second-order valence-corrected chi connectivity index (χ2v) is 6.53. The van der Waals surface area contributed by atoms with Crippen LogP contribution < -0.4 is 10.5 Å². The zero-order chi connectivity index (χ0) is 15.1. The van der Waals surface area contributed by atoms with Crippen molar-refractivity contribution in [3.05, 3.63) is 59.1 Å². The standard InChI is InChI=1S/C16H18ClNO2S/c17-14-6-3-7-15(11-14)21(19)10-4-9-20-16-8-2-1-5-13(16)12-18/h1-3,5-8,11H,4,9-10,12,18H2. The fourth-order valence-electron chi connectivity index (χ4n) is 1.91. The molecule has 0 spiro atoms. The summed E-state index contributed by atoms with van der Waals surface area (Å²) in [7, 11) is -1.05. The molecule has 0 aliphatic heterocycles. The van der Waals surface area contributed by atoms with Crippen LogP contribution in [0, 0.1) is 0 Å². The third kappa shape index (κ3) is 4.84. The molecule has 2 aromatic carbocycles. The molecule has 0 bridgehead atoms. The SMILES string of the molecule is NCc1ccccc1OCCCS(=O)c1cccc(Cl)c1. The van der Waals surface area contributed by atoms with Gasteiger partial charge < -0.3 is 10.5 Å². The smallest absolute Gasteiger partial charge is 0.123 e. The highest BCUT2D eigenvalue weighted by molar-refractivity contribution is 7.85. The van der Waals surface area contributed by atoms with E-state index in [4.69, 9.17) is 22.1 Å². The Morgan fingerprint density at radius 3 is 2.71 bits per heavy atom. The highest BCUT2D eigenvalue weighted by Gasteiger charge is 2.05. The molecule has 0 saturated heterocycles. The number of nitrogens with two attached hydrogens (primary N) is 1. The predicted molar refractivity (Wildman–Crippen MR) is 87.2 cm³/mol. The third-order valence-corrected chi connectivity index (χ3v) is 4.66. The Morgan fingerprint density at radius 2 is 1.95 bits per heavy atom. The lowest BCUT2D eigenvalue weighted by molar-refractivity contribution is 0.315. The molecule has 0 aliphatic carbocycles. The van der Waals surface area contributed by atoms with Crippen LogP contribution in [-0.2, 0) is 17.3 Å². The molecule has 0 aliphatic rings. The average molecular weight is 324 g/mol. The van der Waals surface area contributed by atoms with Gasteiger partial charge in [0.1, 0.15) is 5.75 Å². The molecule has 3 nitrogen and oxygen atoms in total. The fraction of sp³-hybridized carbons (Fsp3) is 0.250. The number of halogens is 1. The summed E-state index contributed by atoms with van der Waals surface area (Å²) in [5.74, 6) is 1.35. The molecule has 1 unspecified atom stereocenters. The van der Waals surface area contributed by atoms with Crippen molar-refractivity contribution in [2.75, 3.05) is 12.4 Å². The van der Waals surface area contributed by atoms with Crippen molar-refractivity contribution in [1.29, 1.82) is 0 Å². The first kappa shape index (κ1) is 16.0. The van der Waals surface area contributed by atoms with Crippen LogP contribution in [0.15, 0.2) is 53.4 Å². The van der Waals surface area contributed by atoms with E-state index in [2.05, 4.69) is 0 Å². The van der Waals surface area contributed by atoms with Crippen LogP contribution >= 0.6 is 11.6 Å². The zero-order valence-electron chi connectivity index (χ0n) is 11.6. The molecule has 0 radical (unpaired) electrons. The van der Waals surface area contributed by atoms with Crippen LogP contribution in [0.5, 0.6) is 5.75 Å². The lowest BCUT2D eigenvalue weighted by atomic mass is 10.2. The minimum absolute atomic E-state index is 0.449. The monoisotopic (exact) mass is 323 g/mol. The van der Waals surface area contributed by atoms with Gasteiger partial charge in [0.2, 0.25) is 0 Å². The number of ether oxygens (including phenoxy) is 1. The molecule has 0 amide bonds. The Kier molecular flexibility index (Phi) is 6.23. The minimum atomic E-state index is -1.05. The van der Waals surface area contributed by atoms with E-state index in [1.54, 1.807) is 12.1 Å². The fourth-order valence-corrected chi connectivity index (χ4v) is 3.27. The summed E-state index contributed by atoms with van der Waals surface area (Å²) in [6.07, 6.45) is 0.706.